The van der Waals surface area contributed by atoms with Crippen LogP contribution in [0.4, 0.5) is 0 Å². The first kappa shape index (κ1) is 26.1. The third-order valence-electron chi connectivity index (χ3n) is 6.22. The summed E-state index contributed by atoms with van der Waals surface area (Å²) in [7, 11) is 0. The van der Waals surface area contributed by atoms with E-state index in [4.69, 9.17) is 20.8 Å². The molecule has 0 saturated heterocycles. The van der Waals surface area contributed by atoms with Crippen LogP contribution in [0.25, 0.3) is 6.08 Å². The molecule has 0 bridgehead atoms. The Labute approximate surface area is 242 Å². The van der Waals surface area contributed by atoms with Crippen molar-refractivity contribution in [1.82, 2.24) is 4.57 Å². The second-order valence-electron chi connectivity index (χ2n) is 8.91. The Morgan fingerprint density at radius 2 is 1.70 bits per heavy atom. The number of rotatable bonds is 6. The Bertz CT molecular complexity index is 1910. The Morgan fingerprint density at radius 1 is 1.00 bits per heavy atom. The number of carbonyl (C=O) groups excluding carboxylic acids is 1. The molecule has 1 aliphatic rings. The molecule has 40 heavy (non-hydrogen) atoms. The van der Waals surface area contributed by atoms with E-state index in [-0.39, 0.29) is 5.56 Å². The summed E-state index contributed by atoms with van der Waals surface area (Å²) in [4.78, 5) is 33.4. The minimum Gasteiger partial charge on any atom is -0.450 e. The smallest absolute Gasteiger partial charge is 0.343 e. The zero-order valence-corrected chi connectivity index (χ0v) is 23.5. The zero-order chi connectivity index (χ0) is 27.6. The van der Waals surface area contributed by atoms with Gasteiger partial charge in [0.2, 0.25) is 0 Å². The average Bonchev–Trinajstić information content (AvgIpc) is 3.53. The van der Waals surface area contributed by atoms with Gasteiger partial charge >= 0.3 is 5.97 Å². The molecule has 0 radical (unpaired) electrons. The number of allylic oxidation sites excluding steroid dienone is 1. The number of benzene rings is 3. The van der Waals surface area contributed by atoms with Gasteiger partial charge in [-0.3, -0.25) is 9.36 Å². The molecular formula is C31H21ClN2O4S2. The van der Waals surface area contributed by atoms with Gasteiger partial charge in [0.25, 0.3) is 5.56 Å². The molecule has 3 heterocycles. The highest BCUT2D eigenvalue weighted by Gasteiger charge is 2.33. The van der Waals surface area contributed by atoms with E-state index in [0.29, 0.717) is 42.2 Å². The van der Waals surface area contributed by atoms with Crippen LogP contribution >= 0.6 is 34.7 Å². The molecule has 0 N–H and O–H groups in total. The summed E-state index contributed by atoms with van der Waals surface area (Å²) >= 11 is 8.70. The molecule has 2 aromatic heterocycles. The third-order valence-corrected chi connectivity index (χ3v) is 8.38. The molecule has 198 valence electrons. The Hall–Kier alpha value is -4.11. The second-order valence-corrected chi connectivity index (χ2v) is 11.4. The SMILES string of the molecule is CC1=C(C(=O)Oc2ccccc2)[C@H](c2ccccc2)n2c(s/c(=C/c3ccc(Sc4ccc(Cl)cc4)o3)c2=O)=N1. The van der Waals surface area contributed by atoms with Gasteiger partial charge < -0.3 is 9.15 Å². The molecule has 3 aromatic carbocycles. The highest BCUT2D eigenvalue weighted by molar-refractivity contribution is 7.99. The highest BCUT2D eigenvalue weighted by Crippen LogP contribution is 2.32. The van der Waals surface area contributed by atoms with Crippen LogP contribution in [0.15, 0.2) is 133 Å². The molecule has 0 amide bonds. The topological polar surface area (TPSA) is 73.8 Å². The quantitative estimate of drug-likeness (QED) is 0.174. The van der Waals surface area contributed by atoms with E-state index in [1.165, 1.54) is 23.1 Å². The van der Waals surface area contributed by atoms with Crippen LogP contribution in [-0.2, 0) is 4.79 Å². The lowest BCUT2D eigenvalue weighted by atomic mass is 9.96. The largest absolute Gasteiger partial charge is 0.450 e. The molecule has 0 aliphatic carbocycles. The maximum atomic E-state index is 13.8. The molecule has 1 aliphatic heterocycles. The van der Waals surface area contributed by atoms with Gasteiger partial charge in [0.1, 0.15) is 11.5 Å². The Balaban J connectivity index is 1.39. The van der Waals surface area contributed by atoms with Crippen LogP contribution in [0, 0.1) is 0 Å². The molecular weight excluding hydrogens is 564 g/mol. The van der Waals surface area contributed by atoms with Crippen LogP contribution < -0.4 is 19.6 Å². The van der Waals surface area contributed by atoms with Crippen LogP contribution in [0.1, 0.15) is 24.3 Å². The van der Waals surface area contributed by atoms with E-state index >= 15 is 0 Å². The standard InChI is InChI=1S/C31H21ClN2O4S2/c1-19-27(30(36)38-22-10-6-3-7-11-22)28(20-8-4-2-5-9-20)34-29(35)25(40-31(34)33-19)18-23-14-17-26(37-23)39-24-15-12-21(32)13-16-24/h2-18,28H,1H3/b25-18+/t28-/m0/s1. The fourth-order valence-electron chi connectivity index (χ4n) is 4.40. The van der Waals surface area contributed by atoms with Crippen molar-refractivity contribution in [3.63, 3.8) is 0 Å². The van der Waals surface area contributed by atoms with Crippen LogP contribution in [0.5, 0.6) is 5.75 Å². The molecule has 0 unspecified atom stereocenters. The minimum atomic E-state index is -0.691. The first-order valence-electron chi connectivity index (χ1n) is 12.3. The van der Waals surface area contributed by atoms with Crippen molar-refractivity contribution in [3.8, 4) is 5.75 Å². The van der Waals surface area contributed by atoms with E-state index in [2.05, 4.69) is 4.99 Å². The Kier molecular flexibility index (Phi) is 7.30. The minimum absolute atomic E-state index is 0.265. The fourth-order valence-corrected chi connectivity index (χ4v) is 6.33. The summed E-state index contributed by atoms with van der Waals surface area (Å²) in [6.07, 6.45) is 1.71. The lowest BCUT2D eigenvalue weighted by molar-refractivity contribution is -0.130. The van der Waals surface area contributed by atoms with E-state index in [9.17, 15) is 9.59 Å². The lowest BCUT2D eigenvalue weighted by Crippen LogP contribution is -2.40. The maximum Gasteiger partial charge on any atom is 0.343 e. The number of fused-ring (bicyclic) bond motifs is 1. The van der Waals surface area contributed by atoms with Gasteiger partial charge in [-0.25, -0.2) is 9.79 Å². The van der Waals surface area contributed by atoms with Gasteiger partial charge in [-0.2, -0.15) is 0 Å². The molecule has 5 aromatic rings. The van der Waals surface area contributed by atoms with Gasteiger partial charge in [-0.05, 0) is 61.0 Å². The number of thiazole rings is 1. The van der Waals surface area contributed by atoms with E-state index in [1.54, 1.807) is 41.8 Å². The van der Waals surface area contributed by atoms with Gasteiger partial charge in [0.15, 0.2) is 9.89 Å². The van der Waals surface area contributed by atoms with Gasteiger partial charge in [-0.15, -0.1) is 0 Å². The van der Waals surface area contributed by atoms with E-state index < -0.39 is 12.0 Å². The van der Waals surface area contributed by atoms with Crippen LogP contribution in [0.3, 0.4) is 0 Å². The van der Waals surface area contributed by atoms with Crippen molar-refractivity contribution in [2.45, 2.75) is 23.0 Å². The van der Waals surface area contributed by atoms with Crippen molar-refractivity contribution in [2.24, 2.45) is 4.99 Å². The molecule has 0 saturated carbocycles. The molecule has 1 atom stereocenters. The first-order chi connectivity index (χ1) is 19.5. The number of carbonyl (C=O) groups is 1. The number of hydrogen-bond donors (Lipinski definition) is 0. The van der Waals surface area contributed by atoms with Gasteiger partial charge in [0, 0.05) is 16.0 Å². The van der Waals surface area contributed by atoms with Gasteiger partial charge in [-0.1, -0.05) is 83.2 Å². The molecule has 6 nitrogen and oxygen atoms in total. The summed E-state index contributed by atoms with van der Waals surface area (Å²) in [5.74, 6) is 0.407. The summed E-state index contributed by atoms with van der Waals surface area (Å²) in [6, 6.07) is 28.8. The fraction of sp³-hybridized carbons (Fsp3) is 0.0645. The second kappa shape index (κ2) is 11.2. The van der Waals surface area contributed by atoms with Crippen LogP contribution in [0.2, 0.25) is 5.02 Å². The van der Waals surface area contributed by atoms with E-state index in [1.807, 2.05) is 72.8 Å². The molecule has 6 rings (SSSR count). The monoisotopic (exact) mass is 584 g/mol. The summed E-state index contributed by atoms with van der Waals surface area (Å²) in [5, 5.41) is 1.35. The zero-order valence-electron chi connectivity index (χ0n) is 21.1. The first-order valence-corrected chi connectivity index (χ1v) is 14.4. The summed E-state index contributed by atoms with van der Waals surface area (Å²) < 4.78 is 13.7. The van der Waals surface area contributed by atoms with Crippen LogP contribution in [-0.4, -0.2) is 10.5 Å². The van der Waals surface area contributed by atoms with Crippen molar-refractivity contribution >= 4 is 46.7 Å². The molecule has 0 fully saturated rings. The van der Waals surface area contributed by atoms with Gasteiger partial charge in [0.05, 0.1) is 21.8 Å². The maximum absolute atomic E-state index is 13.8. The lowest BCUT2D eigenvalue weighted by Gasteiger charge is -2.24. The number of halogens is 1. The number of ether oxygens (including phenoxy) is 1. The summed E-state index contributed by atoms with van der Waals surface area (Å²) in [6.45, 7) is 1.77. The van der Waals surface area contributed by atoms with Crippen molar-refractivity contribution < 1.29 is 13.9 Å². The molecule has 0 spiro atoms. The Morgan fingerprint density at radius 3 is 2.42 bits per heavy atom. The number of furan rings is 1. The number of hydrogen-bond acceptors (Lipinski definition) is 7. The number of esters is 1. The van der Waals surface area contributed by atoms with Crippen molar-refractivity contribution in [1.29, 1.82) is 0 Å². The normalized spacial score (nSPS) is 15.1. The number of para-hydroxylation sites is 1. The predicted molar refractivity (Wildman–Crippen MR) is 157 cm³/mol. The molecule has 9 heteroatoms. The highest BCUT2D eigenvalue weighted by atomic mass is 35.5. The van der Waals surface area contributed by atoms with Crippen molar-refractivity contribution in [2.75, 3.05) is 0 Å². The van der Waals surface area contributed by atoms with E-state index in [0.717, 1.165) is 10.5 Å². The average molecular weight is 585 g/mol. The number of nitrogens with zero attached hydrogens (tertiary/aromatic N) is 2. The predicted octanol–water partition coefficient (Wildman–Crippen LogP) is 6.24. The number of aromatic nitrogens is 1. The summed E-state index contributed by atoms with van der Waals surface area (Å²) in [5.41, 5.74) is 1.33. The third kappa shape index (κ3) is 5.34. The van der Waals surface area contributed by atoms with Crippen molar-refractivity contribution in [3.05, 3.63) is 144 Å².